The summed E-state index contributed by atoms with van der Waals surface area (Å²) in [6, 6.07) is 19.3. The third-order valence-electron chi connectivity index (χ3n) is 17.7. The number of pyridine rings is 3. The highest BCUT2D eigenvalue weighted by molar-refractivity contribution is 5.86. The Balaban J connectivity index is 0.000000130. The van der Waals surface area contributed by atoms with Gasteiger partial charge in [-0.3, -0.25) is 14.4 Å². The first-order chi connectivity index (χ1) is 45.2. The second-order valence-electron chi connectivity index (χ2n) is 25.9. The number of alkyl halides is 3. The minimum atomic E-state index is -1.88. The number of carbonyl (C=O) groups is 1. The van der Waals surface area contributed by atoms with Crippen molar-refractivity contribution in [2.24, 2.45) is 0 Å². The monoisotopic (exact) mass is 1300 g/mol. The normalized spacial score (nSPS) is 16.5. The zero-order valence-electron chi connectivity index (χ0n) is 53.1. The maximum Gasteiger partial charge on any atom is 0.410 e. The number of likely N-dealkylation sites (tertiary alicyclic amines) is 2. The van der Waals surface area contributed by atoms with Crippen molar-refractivity contribution in [2.45, 2.75) is 103 Å². The third-order valence-corrected chi connectivity index (χ3v) is 17.7. The van der Waals surface area contributed by atoms with Gasteiger partial charge in [0.1, 0.15) is 23.1 Å². The lowest BCUT2D eigenvalue weighted by atomic mass is 9.92. The van der Waals surface area contributed by atoms with Crippen molar-refractivity contribution < 1.29 is 35.9 Å². The summed E-state index contributed by atoms with van der Waals surface area (Å²) < 4.78 is 100. The molecule has 490 valence electrons. The number of hydrogen-bond acceptors (Lipinski definition) is 13. The number of benzene rings is 3. The fourth-order valence-electron chi connectivity index (χ4n) is 12.5. The van der Waals surface area contributed by atoms with Gasteiger partial charge in [-0.15, -0.1) is 0 Å². The number of hydrogen-bond donors (Lipinski definition) is 4. The second-order valence-corrected chi connectivity index (χ2v) is 25.9. The van der Waals surface area contributed by atoms with E-state index < -0.39 is 62.8 Å². The van der Waals surface area contributed by atoms with Crippen LogP contribution in [0.2, 0.25) is 0 Å². The molecule has 0 atom stereocenters. The molecule has 3 aromatic carbocycles. The zero-order chi connectivity index (χ0) is 67.0. The number of H-pyrrole nitrogens is 3. The van der Waals surface area contributed by atoms with Crippen molar-refractivity contribution in [3.63, 3.8) is 0 Å². The number of rotatable bonds is 6. The molecule has 12 heterocycles. The van der Waals surface area contributed by atoms with Crippen LogP contribution in [0.15, 0.2) is 124 Å². The fraction of sp³-hybridized carbons (Fsp3) is 0.333. The number of aryl methyl sites for hydroxylation is 3. The van der Waals surface area contributed by atoms with Gasteiger partial charge in [0.15, 0.2) is 51.4 Å². The Hall–Kier alpha value is -10.1. The molecule has 3 saturated heterocycles. The lowest BCUT2D eigenvalue weighted by Crippen LogP contribution is -2.46. The minimum Gasteiger partial charge on any atom is -0.444 e. The molecule has 95 heavy (non-hydrogen) atoms. The molecule has 0 saturated carbocycles. The van der Waals surface area contributed by atoms with E-state index in [0.29, 0.717) is 117 Å². The van der Waals surface area contributed by atoms with Gasteiger partial charge < -0.3 is 48.0 Å². The van der Waals surface area contributed by atoms with Gasteiger partial charge in [-0.05, 0) is 133 Å². The molecule has 3 aliphatic heterocycles. The number of aromatic amines is 3. The van der Waals surface area contributed by atoms with Gasteiger partial charge in [0.05, 0.1) is 49.8 Å². The van der Waals surface area contributed by atoms with Gasteiger partial charge in [0.25, 0.3) is 16.7 Å². The number of aromatic nitrogens is 12. The molecule has 20 nitrogen and oxygen atoms in total. The number of fused-ring (bicyclic) bond motifs is 6. The van der Waals surface area contributed by atoms with Crippen LogP contribution in [0.3, 0.4) is 0 Å². The van der Waals surface area contributed by atoms with Crippen LogP contribution in [0, 0.1) is 38.2 Å². The van der Waals surface area contributed by atoms with Crippen LogP contribution in [-0.4, -0.2) is 126 Å². The van der Waals surface area contributed by atoms with Crippen LogP contribution in [0.1, 0.15) is 93.9 Å². The Labute approximate surface area is 538 Å². The molecule has 0 spiro atoms. The summed E-state index contributed by atoms with van der Waals surface area (Å²) >= 11 is 0. The third kappa shape index (κ3) is 12.8. The summed E-state index contributed by atoms with van der Waals surface area (Å²) in [6.07, 6.45) is 11.1. The maximum absolute atomic E-state index is 15.9. The number of nitrogens with zero attached hydrogens (tertiary/aromatic N) is 11. The summed E-state index contributed by atoms with van der Waals surface area (Å²) in [7, 11) is 1.95. The van der Waals surface area contributed by atoms with E-state index in [1.165, 1.54) is 23.1 Å². The predicted molar refractivity (Wildman–Crippen MR) is 348 cm³/mol. The number of piperidine rings is 3. The van der Waals surface area contributed by atoms with Gasteiger partial charge in [-0.25, -0.2) is 61.0 Å². The van der Waals surface area contributed by atoms with Gasteiger partial charge >= 0.3 is 6.09 Å². The highest BCUT2D eigenvalue weighted by Crippen LogP contribution is 2.38. The van der Waals surface area contributed by atoms with Crippen LogP contribution in [0.4, 0.5) is 31.1 Å². The number of nitrogens with one attached hydrogen (secondary N) is 4. The molecule has 4 N–H and O–H groups in total. The van der Waals surface area contributed by atoms with Crippen molar-refractivity contribution >= 4 is 55.7 Å². The van der Waals surface area contributed by atoms with Gasteiger partial charge in [-0.1, -0.05) is 18.2 Å². The molecular weight excluding hydrogens is 1230 g/mol. The Morgan fingerprint density at radius 3 is 1.13 bits per heavy atom. The summed E-state index contributed by atoms with van der Waals surface area (Å²) in [4.78, 5) is 87.8. The number of halogens is 6. The van der Waals surface area contributed by atoms with Crippen LogP contribution >= 0.6 is 0 Å². The first kappa shape index (κ1) is 63.7. The molecule has 15 rings (SSSR count). The highest BCUT2D eigenvalue weighted by atomic mass is 19.2. The van der Waals surface area contributed by atoms with E-state index in [4.69, 9.17) is 4.74 Å². The van der Waals surface area contributed by atoms with E-state index >= 15 is 13.2 Å². The summed E-state index contributed by atoms with van der Waals surface area (Å²) in [5, 5.41) is 4.06. The van der Waals surface area contributed by atoms with Crippen molar-refractivity contribution in [2.75, 3.05) is 46.3 Å². The molecule has 26 heteroatoms. The molecule has 3 fully saturated rings. The first-order valence-corrected chi connectivity index (χ1v) is 31.2. The van der Waals surface area contributed by atoms with Crippen LogP contribution in [0.25, 0.3) is 83.0 Å². The Kier molecular flexibility index (Phi) is 16.3. The van der Waals surface area contributed by atoms with E-state index in [1.807, 2.05) is 7.05 Å². The van der Waals surface area contributed by atoms with E-state index in [0.717, 1.165) is 0 Å². The van der Waals surface area contributed by atoms with Crippen molar-refractivity contribution in [3.05, 3.63) is 193 Å². The smallest absolute Gasteiger partial charge is 0.410 e. The lowest BCUT2D eigenvalue weighted by Gasteiger charge is -2.36. The number of imidazole rings is 3. The van der Waals surface area contributed by atoms with Crippen molar-refractivity contribution in [1.82, 2.24) is 73.2 Å². The molecule has 0 radical (unpaired) electrons. The largest absolute Gasteiger partial charge is 0.444 e. The van der Waals surface area contributed by atoms with Gasteiger partial charge in [0.2, 0.25) is 0 Å². The first-order valence-electron chi connectivity index (χ1n) is 31.2. The molecular formula is C69H67F6N15O5. The number of carbonyl (C=O) groups excluding carboxylic acids is 1. The number of ether oxygens (including phenoxy) is 1. The topological polar surface area (TPSA) is 234 Å². The Morgan fingerprint density at radius 1 is 0.463 bits per heavy atom. The average Bonchev–Trinajstić information content (AvgIpc) is 1.11. The Bertz CT molecular complexity index is 5200. The van der Waals surface area contributed by atoms with Gasteiger partial charge in [0, 0.05) is 119 Å². The second kappa shape index (κ2) is 24.4. The van der Waals surface area contributed by atoms with Crippen LogP contribution in [0.5, 0.6) is 0 Å². The zero-order valence-corrected chi connectivity index (χ0v) is 53.1. The van der Waals surface area contributed by atoms with E-state index in [-0.39, 0.29) is 78.6 Å². The molecule has 1 amide bonds. The van der Waals surface area contributed by atoms with E-state index in [2.05, 4.69) is 55.1 Å². The Morgan fingerprint density at radius 2 is 0.789 bits per heavy atom. The maximum atomic E-state index is 15.9. The summed E-state index contributed by atoms with van der Waals surface area (Å²) in [5.74, 6) is -1.25. The molecule has 0 bridgehead atoms. The SMILES string of the molecule is Cc1cn2cc(-c3ccc4nc(C5(F)CCN(C(=O)OC(C)(C)C)CC5)[nH]c(=O)c4c3)cc(F)c2n1.Cc1cn2cc(-c3ccc4nc(C5(F)CCN(C)CC5)[nH]c(=O)c4c3)cc(F)c2n1.Cc1cn2cc(-c3ccc4nc(C5(F)CCNCC5)[nH]c(=O)c4c3)cc(F)c2n1. The molecule has 12 aromatic rings. The van der Waals surface area contributed by atoms with E-state index in [1.54, 1.807) is 147 Å². The van der Waals surface area contributed by atoms with E-state index in [9.17, 15) is 32.3 Å². The highest BCUT2D eigenvalue weighted by Gasteiger charge is 2.42. The van der Waals surface area contributed by atoms with Crippen molar-refractivity contribution in [1.29, 1.82) is 0 Å². The molecule has 0 unspecified atom stereocenters. The van der Waals surface area contributed by atoms with Gasteiger partial charge in [-0.2, -0.15) is 0 Å². The number of amides is 1. The van der Waals surface area contributed by atoms with Crippen molar-refractivity contribution in [3.8, 4) is 33.4 Å². The summed E-state index contributed by atoms with van der Waals surface area (Å²) in [6.45, 7) is 13.3. The molecule has 9 aromatic heterocycles. The standard InChI is InChI=1S/C26H27F2N5O3.C22H21F2N5O.C21H19F2N5O/c1-15-13-33-14-17(12-19(27)21(33)29-15)16-5-6-20-18(11-16)22(34)31-23(30-20)26(28)7-9-32(10-8-26)24(35)36-25(2,3)4;1-13-11-29-12-15(10-17(23)19(29)25-13)14-3-4-18-16(9-14)20(30)27-21(26-18)22(24)5-7-28(2)8-6-22;1-12-10-28-11-14(9-16(22)18(28)25-12)13-2-3-17-15(8-13)19(29)27-20(26-17)21(23)4-6-24-7-5-21/h5-6,11-14H,7-10H2,1-4H3,(H,30,31,34);3-4,9-12H,5-8H2,1-2H3,(H,26,27,30);2-3,8-11,24H,4-7H2,1H3,(H,26,27,29). The van der Waals surface area contributed by atoms with Crippen LogP contribution in [-0.2, 0) is 21.7 Å². The average molecular weight is 1300 g/mol. The van der Waals surface area contributed by atoms with Crippen LogP contribution < -0.4 is 22.0 Å². The summed E-state index contributed by atoms with van der Waals surface area (Å²) in [5.41, 5.74) is 0.728. The molecule has 3 aliphatic rings. The minimum absolute atomic E-state index is 0.0115. The predicted octanol–water partition coefficient (Wildman–Crippen LogP) is 11.7. The molecule has 0 aliphatic carbocycles. The lowest BCUT2D eigenvalue weighted by molar-refractivity contribution is 0.000178. The fourth-order valence-corrected chi connectivity index (χ4v) is 12.5. The quantitative estimate of drug-likeness (QED) is 0.114.